The monoisotopic (exact) mass is 377 g/mol. The third-order valence-corrected chi connectivity index (χ3v) is 3.84. The van der Waals surface area contributed by atoms with Crippen LogP contribution in [0.2, 0.25) is 10.0 Å². The van der Waals surface area contributed by atoms with Gasteiger partial charge in [-0.2, -0.15) is 5.10 Å². The first-order valence-corrected chi connectivity index (χ1v) is 8.42. The van der Waals surface area contributed by atoms with Crippen LogP contribution in [0.1, 0.15) is 28.8 Å². The predicted molar refractivity (Wildman–Crippen MR) is 100 cm³/mol. The number of carbonyl (C=O) groups is 2. The summed E-state index contributed by atoms with van der Waals surface area (Å²) >= 11 is 11.7. The molecule has 130 valence electrons. The maximum absolute atomic E-state index is 11.9. The Labute approximate surface area is 156 Å². The second-order valence-electron chi connectivity index (χ2n) is 5.18. The van der Waals surface area contributed by atoms with Gasteiger partial charge < -0.3 is 5.32 Å². The maximum Gasteiger partial charge on any atom is 0.252 e. The van der Waals surface area contributed by atoms with Crippen molar-refractivity contribution in [3.8, 4) is 0 Å². The predicted octanol–water partition coefficient (Wildman–Crippen LogP) is 3.65. The van der Waals surface area contributed by atoms with Gasteiger partial charge in [-0.25, -0.2) is 5.43 Å². The summed E-state index contributed by atoms with van der Waals surface area (Å²) in [5.41, 5.74) is 3.69. The lowest BCUT2D eigenvalue weighted by Crippen LogP contribution is -2.26. The van der Waals surface area contributed by atoms with E-state index in [0.29, 0.717) is 28.6 Å². The van der Waals surface area contributed by atoms with E-state index in [2.05, 4.69) is 15.8 Å². The average molecular weight is 378 g/mol. The van der Waals surface area contributed by atoms with Gasteiger partial charge in [-0.1, -0.05) is 47.5 Å². The summed E-state index contributed by atoms with van der Waals surface area (Å²) in [7, 11) is 0. The third-order valence-electron chi connectivity index (χ3n) is 3.26. The largest absolute Gasteiger partial charge is 0.352 e. The third kappa shape index (κ3) is 6.57. The van der Waals surface area contributed by atoms with Gasteiger partial charge in [-0.15, -0.1) is 0 Å². The molecule has 7 heteroatoms. The number of hydrogen-bond donors (Lipinski definition) is 2. The van der Waals surface area contributed by atoms with Crippen molar-refractivity contribution in [1.29, 1.82) is 0 Å². The van der Waals surface area contributed by atoms with Crippen molar-refractivity contribution in [2.24, 2.45) is 5.10 Å². The summed E-state index contributed by atoms with van der Waals surface area (Å²) in [6.45, 7) is 0.373. The van der Waals surface area contributed by atoms with Crippen LogP contribution in [0.5, 0.6) is 0 Å². The molecule has 2 N–H and O–H groups in total. The number of amides is 2. The minimum Gasteiger partial charge on any atom is -0.352 e. The Hall–Kier alpha value is -2.37. The Kier molecular flexibility index (Phi) is 7.44. The molecular formula is C18H17Cl2N3O2. The van der Waals surface area contributed by atoms with Crippen LogP contribution < -0.4 is 10.7 Å². The summed E-state index contributed by atoms with van der Waals surface area (Å²) in [4.78, 5) is 23.6. The van der Waals surface area contributed by atoms with Crippen LogP contribution in [0.25, 0.3) is 0 Å². The molecule has 0 aliphatic rings. The Bertz CT molecular complexity index is 761. The van der Waals surface area contributed by atoms with Crippen LogP contribution in [-0.2, 0) is 4.79 Å². The smallest absolute Gasteiger partial charge is 0.252 e. The molecule has 25 heavy (non-hydrogen) atoms. The van der Waals surface area contributed by atoms with Crippen LogP contribution in [0.4, 0.5) is 0 Å². The van der Waals surface area contributed by atoms with Gasteiger partial charge in [0, 0.05) is 18.0 Å². The molecule has 0 atom stereocenters. The highest BCUT2D eigenvalue weighted by atomic mass is 35.5. The van der Waals surface area contributed by atoms with Crippen molar-refractivity contribution >= 4 is 41.2 Å². The molecule has 0 aliphatic heterocycles. The van der Waals surface area contributed by atoms with Crippen LogP contribution in [-0.4, -0.2) is 24.6 Å². The van der Waals surface area contributed by atoms with Crippen molar-refractivity contribution in [2.75, 3.05) is 6.54 Å². The Balaban J connectivity index is 1.66. The summed E-state index contributed by atoms with van der Waals surface area (Å²) in [6.07, 6.45) is 2.28. The van der Waals surface area contributed by atoms with E-state index in [9.17, 15) is 9.59 Å². The van der Waals surface area contributed by atoms with Crippen molar-refractivity contribution in [1.82, 2.24) is 10.7 Å². The normalized spacial score (nSPS) is 10.6. The molecular weight excluding hydrogens is 361 g/mol. The molecule has 0 unspecified atom stereocenters. The van der Waals surface area contributed by atoms with Crippen LogP contribution >= 0.6 is 23.2 Å². The second kappa shape index (κ2) is 9.81. The Morgan fingerprint density at radius 1 is 1.04 bits per heavy atom. The fraction of sp³-hybridized carbons (Fsp3) is 0.167. The molecule has 2 aromatic rings. The summed E-state index contributed by atoms with van der Waals surface area (Å²) in [6, 6.07) is 13.9. The lowest BCUT2D eigenvalue weighted by atomic mass is 10.2. The van der Waals surface area contributed by atoms with E-state index in [1.165, 1.54) is 6.21 Å². The van der Waals surface area contributed by atoms with Gasteiger partial charge in [0.05, 0.1) is 16.8 Å². The average Bonchev–Trinajstić information content (AvgIpc) is 2.60. The van der Waals surface area contributed by atoms with E-state index in [1.54, 1.807) is 48.5 Å². The van der Waals surface area contributed by atoms with Gasteiger partial charge in [0.15, 0.2) is 0 Å². The highest BCUT2D eigenvalue weighted by Gasteiger charge is 2.08. The number of rotatable bonds is 7. The molecule has 0 aliphatic carbocycles. The van der Waals surface area contributed by atoms with E-state index in [1.807, 2.05) is 0 Å². The molecule has 0 radical (unpaired) electrons. The van der Waals surface area contributed by atoms with Gasteiger partial charge in [-0.05, 0) is 36.2 Å². The molecule has 5 nitrogen and oxygen atoms in total. The first-order chi connectivity index (χ1) is 12.1. The lowest BCUT2D eigenvalue weighted by Gasteiger charge is -2.06. The standard InChI is InChI=1S/C18H17Cl2N3O2/c19-14-9-7-13(8-10-14)12-22-23-17(24)6-3-11-21-18(25)15-4-1-2-5-16(15)20/h1-2,4-5,7-10,12H,3,6,11H2,(H,21,25)(H,23,24)/b22-12+. The van der Waals surface area contributed by atoms with E-state index in [0.717, 1.165) is 5.56 Å². The molecule has 2 aromatic carbocycles. The summed E-state index contributed by atoms with van der Waals surface area (Å²) in [5.74, 6) is -0.482. The van der Waals surface area contributed by atoms with Crippen molar-refractivity contribution in [3.05, 3.63) is 69.7 Å². The van der Waals surface area contributed by atoms with Gasteiger partial charge in [0.25, 0.3) is 5.91 Å². The number of halogens is 2. The fourth-order valence-corrected chi connectivity index (χ4v) is 2.32. The second-order valence-corrected chi connectivity index (χ2v) is 6.03. The molecule has 0 bridgehead atoms. The number of nitrogens with zero attached hydrogens (tertiary/aromatic N) is 1. The SMILES string of the molecule is O=C(CCCNC(=O)c1ccccc1Cl)N/N=C/c1ccc(Cl)cc1. The molecule has 2 rings (SSSR count). The first kappa shape index (κ1) is 19.0. The highest BCUT2D eigenvalue weighted by molar-refractivity contribution is 6.33. The fourth-order valence-electron chi connectivity index (χ4n) is 1.97. The number of benzene rings is 2. The number of nitrogens with one attached hydrogen (secondary N) is 2. The van der Waals surface area contributed by atoms with Crippen molar-refractivity contribution in [3.63, 3.8) is 0 Å². The molecule has 0 spiro atoms. The highest BCUT2D eigenvalue weighted by Crippen LogP contribution is 2.14. The van der Waals surface area contributed by atoms with E-state index < -0.39 is 0 Å². The molecule has 0 heterocycles. The summed E-state index contributed by atoms with van der Waals surface area (Å²) in [5, 5.41) is 7.64. The number of hydrogen-bond acceptors (Lipinski definition) is 3. The van der Waals surface area contributed by atoms with Crippen molar-refractivity contribution in [2.45, 2.75) is 12.8 Å². The minimum absolute atomic E-state index is 0.225. The maximum atomic E-state index is 11.9. The van der Waals surface area contributed by atoms with Crippen LogP contribution in [0, 0.1) is 0 Å². The quantitative estimate of drug-likeness (QED) is 0.439. The molecule has 0 saturated carbocycles. The van der Waals surface area contributed by atoms with E-state index in [4.69, 9.17) is 23.2 Å². The molecule has 2 amide bonds. The zero-order chi connectivity index (χ0) is 18.1. The lowest BCUT2D eigenvalue weighted by molar-refractivity contribution is -0.121. The number of carbonyl (C=O) groups excluding carboxylic acids is 2. The van der Waals surface area contributed by atoms with Gasteiger partial charge >= 0.3 is 0 Å². The minimum atomic E-state index is -0.258. The molecule has 0 aromatic heterocycles. The molecule has 0 saturated heterocycles. The van der Waals surface area contributed by atoms with Crippen LogP contribution in [0.15, 0.2) is 53.6 Å². The van der Waals surface area contributed by atoms with Gasteiger partial charge in [0.2, 0.25) is 5.91 Å². The zero-order valence-corrected chi connectivity index (χ0v) is 14.8. The zero-order valence-electron chi connectivity index (χ0n) is 13.3. The molecule has 0 fully saturated rings. The topological polar surface area (TPSA) is 70.6 Å². The first-order valence-electron chi connectivity index (χ1n) is 7.66. The van der Waals surface area contributed by atoms with Crippen LogP contribution in [0.3, 0.4) is 0 Å². The van der Waals surface area contributed by atoms with E-state index >= 15 is 0 Å². The van der Waals surface area contributed by atoms with E-state index in [-0.39, 0.29) is 18.2 Å². The van der Waals surface area contributed by atoms with Gasteiger partial charge in [-0.3, -0.25) is 9.59 Å². The summed E-state index contributed by atoms with van der Waals surface area (Å²) < 4.78 is 0. The Morgan fingerprint density at radius 3 is 2.48 bits per heavy atom. The number of hydrazone groups is 1. The van der Waals surface area contributed by atoms with Gasteiger partial charge in [0.1, 0.15) is 0 Å². The Morgan fingerprint density at radius 2 is 1.76 bits per heavy atom. The van der Waals surface area contributed by atoms with Crippen molar-refractivity contribution < 1.29 is 9.59 Å².